The number of rotatable bonds is 7. The van der Waals surface area contributed by atoms with Crippen LogP contribution in [0.3, 0.4) is 0 Å². The molecule has 0 bridgehead atoms. The average Bonchev–Trinajstić information content (AvgIpc) is 2.80. The van der Waals surface area contributed by atoms with Crippen LogP contribution in [0.15, 0.2) is 53.8 Å². The van der Waals surface area contributed by atoms with Gasteiger partial charge in [0.2, 0.25) is 0 Å². The Labute approximate surface area is 198 Å². The standard InChI is InChI=1S/C23H27FN6O3S/c1-16(2)33-17-4-7-22(25-14-17)29-8-10-30(11-9-29)23-13-21(26-15-27-23)28-20-6-5-18(12-19(20)24)34(3,31)32/h4-7,12-16H,8-11H2,1-3H3,(H,26,27,28). The maximum Gasteiger partial charge on any atom is 0.175 e. The van der Waals surface area contributed by atoms with Crippen molar-refractivity contribution in [3.63, 3.8) is 0 Å². The van der Waals surface area contributed by atoms with Gasteiger partial charge in [-0.25, -0.2) is 27.8 Å². The third kappa shape index (κ3) is 5.71. The Balaban J connectivity index is 1.39. The van der Waals surface area contributed by atoms with E-state index in [4.69, 9.17) is 4.74 Å². The summed E-state index contributed by atoms with van der Waals surface area (Å²) < 4.78 is 43.3. The van der Waals surface area contributed by atoms with Gasteiger partial charge in [0.25, 0.3) is 0 Å². The lowest BCUT2D eigenvalue weighted by Gasteiger charge is -2.36. The summed E-state index contributed by atoms with van der Waals surface area (Å²) in [5.74, 6) is 2.11. The van der Waals surface area contributed by atoms with Crippen molar-refractivity contribution in [1.29, 1.82) is 0 Å². The van der Waals surface area contributed by atoms with Crippen LogP contribution in [0.5, 0.6) is 5.75 Å². The summed E-state index contributed by atoms with van der Waals surface area (Å²) in [5.41, 5.74) is 0.137. The van der Waals surface area contributed by atoms with Crippen LogP contribution in [-0.4, -0.2) is 61.9 Å². The highest BCUT2D eigenvalue weighted by molar-refractivity contribution is 7.90. The first-order chi connectivity index (χ1) is 16.2. The van der Waals surface area contributed by atoms with Gasteiger partial charge in [-0.2, -0.15) is 0 Å². The van der Waals surface area contributed by atoms with Crippen LogP contribution < -0.4 is 19.9 Å². The first-order valence-electron chi connectivity index (χ1n) is 10.9. The van der Waals surface area contributed by atoms with E-state index in [1.807, 2.05) is 26.0 Å². The smallest absolute Gasteiger partial charge is 0.175 e. The predicted octanol–water partition coefficient (Wildman–Crippen LogP) is 3.27. The molecule has 3 aromatic rings. The summed E-state index contributed by atoms with van der Waals surface area (Å²) in [7, 11) is -3.48. The van der Waals surface area contributed by atoms with Gasteiger partial charge in [0, 0.05) is 38.5 Å². The molecule has 0 unspecified atom stereocenters. The highest BCUT2D eigenvalue weighted by Crippen LogP contribution is 2.25. The number of pyridine rings is 1. The van der Waals surface area contributed by atoms with E-state index in [1.54, 1.807) is 12.3 Å². The Hall–Kier alpha value is -3.47. The molecule has 1 aliphatic heterocycles. The predicted molar refractivity (Wildman–Crippen MR) is 129 cm³/mol. The van der Waals surface area contributed by atoms with Crippen LogP contribution in [-0.2, 0) is 9.84 Å². The molecular formula is C23H27FN6O3S. The summed E-state index contributed by atoms with van der Waals surface area (Å²) >= 11 is 0. The third-order valence-corrected chi connectivity index (χ3v) is 6.41. The summed E-state index contributed by atoms with van der Waals surface area (Å²) in [5, 5.41) is 2.90. The van der Waals surface area contributed by atoms with Gasteiger partial charge in [-0.05, 0) is 44.2 Å². The second-order valence-electron chi connectivity index (χ2n) is 8.29. The van der Waals surface area contributed by atoms with E-state index in [0.717, 1.165) is 55.9 Å². The molecule has 4 rings (SSSR count). The van der Waals surface area contributed by atoms with Gasteiger partial charge in [-0.3, -0.25) is 0 Å². The number of hydrogen-bond donors (Lipinski definition) is 1. The van der Waals surface area contributed by atoms with Crippen molar-refractivity contribution < 1.29 is 17.5 Å². The fraction of sp³-hybridized carbons (Fsp3) is 0.348. The summed E-state index contributed by atoms with van der Waals surface area (Å²) in [4.78, 5) is 17.3. The largest absolute Gasteiger partial charge is 0.489 e. The number of nitrogens with one attached hydrogen (secondary N) is 1. The number of halogens is 1. The highest BCUT2D eigenvalue weighted by atomic mass is 32.2. The minimum atomic E-state index is -3.48. The quantitative estimate of drug-likeness (QED) is 0.539. The van der Waals surface area contributed by atoms with E-state index in [0.29, 0.717) is 5.82 Å². The van der Waals surface area contributed by atoms with E-state index in [-0.39, 0.29) is 16.7 Å². The molecule has 3 heterocycles. The Morgan fingerprint density at radius 3 is 2.26 bits per heavy atom. The van der Waals surface area contributed by atoms with Crippen LogP contribution in [0, 0.1) is 5.82 Å². The zero-order valence-corrected chi connectivity index (χ0v) is 20.1. The monoisotopic (exact) mass is 486 g/mol. The number of anilines is 4. The van der Waals surface area contributed by atoms with Crippen LogP contribution in [0.2, 0.25) is 0 Å². The first kappa shape index (κ1) is 23.7. The number of aromatic nitrogens is 3. The first-order valence-corrected chi connectivity index (χ1v) is 12.8. The van der Waals surface area contributed by atoms with Crippen LogP contribution in [0.4, 0.5) is 27.5 Å². The minimum Gasteiger partial charge on any atom is -0.489 e. The second-order valence-corrected chi connectivity index (χ2v) is 10.3. The molecule has 1 fully saturated rings. The number of piperazine rings is 1. The molecule has 11 heteroatoms. The van der Waals surface area contributed by atoms with E-state index in [9.17, 15) is 12.8 Å². The van der Waals surface area contributed by atoms with Crippen molar-refractivity contribution in [1.82, 2.24) is 15.0 Å². The van der Waals surface area contributed by atoms with Crippen LogP contribution in [0.1, 0.15) is 13.8 Å². The van der Waals surface area contributed by atoms with Crippen molar-refractivity contribution in [2.24, 2.45) is 0 Å². The minimum absolute atomic E-state index is 0.0756. The summed E-state index contributed by atoms with van der Waals surface area (Å²) in [6.45, 7) is 6.97. The summed E-state index contributed by atoms with van der Waals surface area (Å²) in [6, 6.07) is 9.38. The molecule has 1 N–H and O–H groups in total. The van der Waals surface area contributed by atoms with Gasteiger partial charge in [0.05, 0.1) is 22.9 Å². The molecule has 1 aliphatic rings. The van der Waals surface area contributed by atoms with Crippen molar-refractivity contribution in [2.45, 2.75) is 24.8 Å². The van der Waals surface area contributed by atoms with Gasteiger partial charge < -0.3 is 19.9 Å². The zero-order chi connectivity index (χ0) is 24.3. The molecule has 0 atom stereocenters. The average molecular weight is 487 g/mol. The molecule has 1 aromatic carbocycles. The van der Waals surface area contributed by atoms with Crippen molar-refractivity contribution in [3.8, 4) is 5.75 Å². The Kier molecular flexibility index (Phi) is 6.82. The fourth-order valence-corrected chi connectivity index (χ4v) is 4.25. The fourth-order valence-electron chi connectivity index (χ4n) is 3.62. The molecule has 0 amide bonds. The molecule has 34 heavy (non-hydrogen) atoms. The maximum atomic E-state index is 14.4. The number of benzene rings is 1. The molecule has 2 aromatic heterocycles. The molecule has 0 saturated carbocycles. The number of ether oxygens (including phenoxy) is 1. The van der Waals surface area contributed by atoms with Gasteiger partial charge in [-0.15, -0.1) is 0 Å². The maximum absolute atomic E-state index is 14.4. The Morgan fingerprint density at radius 1 is 0.971 bits per heavy atom. The normalized spacial score (nSPS) is 14.4. The van der Waals surface area contributed by atoms with E-state index >= 15 is 0 Å². The topological polar surface area (TPSA) is 101 Å². The molecule has 0 spiro atoms. The van der Waals surface area contributed by atoms with Crippen LogP contribution >= 0.6 is 0 Å². The molecular weight excluding hydrogens is 459 g/mol. The Bertz CT molecular complexity index is 1250. The molecule has 9 nitrogen and oxygen atoms in total. The lowest BCUT2D eigenvalue weighted by molar-refractivity contribution is 0.241. The molecule has 0 aliphatic carbocycles. The van der Waals surface area contributed by atoms with Crippen molar-refractivity contribution in [3.05, 3.63) is 54.7 Å². The lowest BCUT2D eigenvalue weighted by Crippen LogP contribution is -2.47. The lowest BCUT2D eigenvalue weighted by atomic mass is 10.3. The Morgan fingerprint density at radius 2 is 1.68 bits per heavy atom. The second kappa shape index (κ2) is 9.80. The van der Waals surface area contributed by atoms with E-state index in [2.05, 4.69) is 30.1 Å². The number of hydrogen-bond acceptors (Lipinski definition) is 9. The van der Waals surface area contributed by atoms with E-state index < -0.39 is 15.7 Å². The van der Waals surface area contributed by atoms with Gasteiger partial charge >= 0.3 is 0 Å². The molecule has 180 valence electrons. The van der Waals surface area contributed by atoms with Crippen molar-refractivity contribution in [2.75, 3.05) is 47.6 Å². The third-order valence-electron chi connectivity index (χ3n) is 5.30. The van der Waals surface area contributed by atoms with E-state index in [1.165, 1.54) is 18.5 Å². The molecule has 1 saturated heterocycles. The SMILES string of the molecule is CC(C)Oc1ccc(N2CCN(c3cc(Nc4ccc(S(C)(=O)=O)cc4F)ncn3)CC2)nc1. The molecule has 0 radical (unpaired) electrons. The van der Waals surface area contributed by atoms with Crippen LogP contribution in [0.25, 0.3) is 0 Å². The van der Waals surface area contributed by atoms with Gasteiger partial charge in [-0.1, -0.05) is 0 Å². The highest BCUT2D eigenvalue weighted by Gasteiger charge is 2.20. The zero-order valence-electron chi connectivity index (χ0n) is 19.3. The number of sulfone groups is 1. The van der Waals surface area contributed by atoms with Gasteiger partial charge in [0.15, 0.2) is 9.84 Å². The number of nitrogens with zero attached hydrogens (tertiary/aromatic N) is 5. The van der Waals surface area contributed by atoms with Gasteiger partial charge in [0.1, 0.15) is 35.3 Å². The summed E-state index contributed by atoms with van der Waals surface area (Å²) in [6.07, 6.45) is 4.30. The van der Waals surface area contributed by atoms with Crippen molar-refractivity contribution >= 4 is 33.0 Å².